The van der Waals surface area contributed by atoms with Crippen LogP contribution in [0, 0.1) is 5.92 Å². The van der Waals surface area contributed by atoms with Crippen LogP contribution in [0.5, 0.6) is 5.75 Å². The van der Waals surface area contributed by atoms with E-state index in [-0.39, 0.29) is 5.92 Å². The fourth-order valence-corrected chi connectivity index (χ4v) is 3.80. The number of hydrogen-bond acceptors (Lipinski definition) is 7. The number of carboxylic acids is 1. The number of hydrogen-bond donors (Lipinski definition) is 1. The van der Waals surface area contributed by atoms with Crippen LogP contribution in [-0.2, 0) is 20.7 Å². The van der Waals surface area contributed by atoms with Crippen LogP contribution < -0.4 is 9.64 Å². The van der Waals surface area contributed by atoms with Gasteiger partial charge in [0.05, 0.1) is 18.2 Å². The zero-order valence-corrected chi connectivity index (χ0v) is 19.0. The molecule has 1 fully saturated rings. The van der Waals surface area contributed by atoms with Gasteiger partial charge in [0.15, 0.2) is 5.82 Å². The summed E-state index contributed by atoms with van der Waals surface area (Å²) in [5.41, 5.74) is 2.71. The van der Waals surface area contributed by atoms with Crippen molar-refractivity contribution in [3.05, 3.63) is 36.2 Å². The number of piperidine rings is 1. The number of anilines is 1. The highest BCUT2D eigenvalue weighted by Crippen LogP contribution is 2.31. The standard InChI is InChI=1S/C24H33N3O5/c1-30-14-4-3-5-20-17-25-22(18-6-8-21(9-7-18)32-16-15-31-2)23(26-20)27-12-10-19(11-13-27)24(28)29/h6-9,17,19H,3-5,10-16H2,1-2H3,(H,28,29). The van der Waals surface area contributed by atoms with E-state index in [1.165, 1.54) is 0 Å². The van der Waals surface area contributed by atoms with E-state index in [1.807, 2.05) is 30.5 Å². The maximum Gasteiger partial charge on any atom is 0.306 e. The summed E-state index contributed by atoms with van der Waals surface area (Å²) in [5, 5.41) is 9.34. The van der Waals surface area contributed by atoms with Crippen LogP contribution in [-0.4, -0.2) is 68.2 Å². The molecule has 1 aliphatic heterocycles. The minimum absolute atomic E-state index is 0.289. The first-order valence-electron chi connectivity index (χ1n) is 11.2. The molecule has 0 atom stereocenters. The second kappa shape index (κ2) is 12.4. The molecule has 0 saturated carbocycles. The average molecular weight is 444 g/mol. The summed E-state index contributed by atoms with van der Waals surface area (Å²) in [6.07, 6.45) is 5.86. The molecule has 1 saturated heterocycles. The minimum Gasteiger partial charge on any atom is -0.491 e. The van der Waals surface area contributed by atoms with Crippen molar-refractivity contribution < 1.29 is 24.1 Å². The number of aliphatic carboxylic acids is 1. The third kappa shape index (κ3) is 6.64. The molecule has 0 amide bonds. The smallest absolute Gasteiger partial charge is 0.306 e. The van der Waals surface area contributed by atoms with Crippen molar-refractivity contribution in [2.45, 2.75) is 32.1 Å². The molecule has 2 heterocycles. The fraction of sp³-hybridized carbons (Fsp3) is 0.542. The van der Waals surface area contributed by atoms with Crippen LogP contribution in [0.1, 0.15) is 31.4 Å². The van der Waals surface area contributed by atoms with E-state index in [0.29, 0.717) is 39.1 Å². The molecule has 174 valence electrons. The molecule has 1 N–H and O–H groups in total. The normalized spacial score (nSPS) is 14.5. The number of benzene rings is 1. The summed E-state index contributed by atoms with van der Waals surface area (Å²) in [7, 11) is 3.36. The highest BCUT2D eigenvalue weighted by molar-refractivity contribution is 5.74. The molecule has 1 aliphatic rings. The lowest BCUT2D eigenvalue weighted by atomic mass is 9.97. The molecule has 0 radical (unpaired) electrons. The Morgan fingerprint density at radius 1 is 1.06 bits per heavy atom. The summed E-state index contributed by atoms with van der Waals surface area (Å²) < 4.78 is 15.8. The van der Waals surface area contributed by atoms with Gasteiger partial charge in [-0.1, -0.05) is 0 Å². The lowest BCUT2D eigenvalue weighted by Crippen LogP contribution is -2.37. The number of aromatic nitrogens is 2. The SMILES string of the molecule is COCCCCc1cnc(-c2ccc(OCCOC)cc2)c(N2CCC(C(=O)O)CC2)n1. The van der Waals surface area contributed by atoms with E-state index in [9.17, 15) is 9.90 Å². The van der Waals surface area contributed by atoms with Gasteiger partial charge in [-0.3, -0.25) is 9.78 Å². The zero-order chi connectivity index (χ0) is 22.8. The molecule has 0 spiro atoms. The number of aryl methyl sites for hydroxylation is 1. The highest BCUT2D eigenvalue weighted by atomic mass is 16.5. The first-order chi connectivity index (χ1) is 15.6. The number of unbranched alkanes of at least 4 members (excludes halogenated alkanes) is 1. The van der Waals surface area contributed by atoms with Crippen LogP contribution in [0.15, 0.2) is 30.5 Å². The number of rotatable bonds is 12. The van der Waals surface area contributed by atoms with Crippen molar-refractivity contribution in [2.24, 2.45) is 5.92 Å². The predicted octanol–water partition coefficient (Wildman–Crippen LogP) is 3.44. The summed E-state index contributed by atoms with van der Waals surface area (Å²) in [6, 6.07) is 7.81. The van der Waals surface area contributed by atoms with Crippen LogP contribution in [0.3, 0.4) is 0 Å². The topological polar surface area (TPSA) is 94.0 Å². The zero-order valence-electron chi connectivity index (χ0n) is 19.0. The van der Waals surface area contributed by atoms with E-state index in [1.54, 1.807) is 14.2 Å². The van der Waals surface area contributed by atoms with E-state index < -0.39 is 5.97 Å². The Hall–Kier alpha value is -2.71. The molecule has 1 aromatic carbocycles. The van der Waals surface area contributed by atoms with Crippen molar-refractivity contribution in [3.8, 4) is 17.0 Å². The van der Waals surface area contributed by atoms with Gasteiger partial charge in [-0.2, -0.15) is 0 Å². The number of nitrogens with zero attached hydrogens (tertiary/aromatic N) is 3. The summed E-state index contributed by atoms with van der Waals surface area (Å²) in [4.78, 5) is 23.3. The Morgan fingerprint density at radius 3 is 2.44 bits per heavy atom. The highest BCUT2D eigenvalue weighted by Gasteiger charge is 2.27. The van der Waals surface area contributed by atoms with Crippen molar-refractivity contribution in [1.82, 2.24) is 9.97 Å². The fourth-order valence-electron chi connectivity index (χ4n) is 3.80. The van der Waals surface area contributed by atoms with Crippen LogP contribution in [0.2, 0.25) is 0 Å². The Kier molecular flexibility index (Phi) is 9.25. The second-order valence-corrected chi connectivity index (χ2v) is 7.95. The van der Waals surface area contributed by atoms with Gasteiger partial charge >= 0.3 is 5.97 Å². The van der Waals surface area contributed by atoms with Crippen molar-refractivity contribution in [1.29, 1.82) is 0 Å². The van der Waals surface area contributed by atoms with Gasteiger partial charge in [-0.15, -0.1) is 0 Å². The number of methoxy groups -OCH3 is 2. The monoisotopic (exact) mass is 443 g/mol. The largest absolute Gasteiger partial charge is 0.491 e. The van der Waals surface area contributed by atoms with Gasteiger partial charge in [0.1, 0.15) is 18.1 Å². The minimum atomic E-state index is -0.716. The number of carboxylic acid groups (broad SMARTS) is 1. The predicted molar refractivity (Wildman–Crippen MR) is 122 cm³/mol. The van der Waals surface area contributed by atoms with Crippen molar-refractivity contribution >= 4 is 11.8 Å². The lowest BCUT2D eigenvalue weighted by molar-refractivity contribution is -0.142. The Balaban J connectivity index is 1.80. The first kappa shape index (κ1) is 23.9. The molecule has 1 aromatic heterocycles. The van der Waals surface area contributed by atoms with Crippen molar-refractivity contribution in [2.75, 3.05) is 52.0 Å². The molecule has 3 rings (SSSR count). The third-order valence-electron chi connectivity index (χ3n) is 5.66. The van der Waals surface area contributed by atoms with Gasteiger partial charge in [0, 0.05) is 45.7 Å². The Morgan fingerprint density at radius 2 is 1.78 bits per heavy atom. The van der Waals surface area contributed by atoms with Gasteiger partial charge in [-0.25, -0.2) is 4.98 Å². The van der Waals surface area contributed by atoms with Gasteiger partial charge in [0.2, 0.25) is 0 Å². The Labute approximate surface area is 189 Å². The van der Waals surface area contributed by atoms with Gasteiger partial charge in [0.25, 0.3) is 0 Å². The lowest BCUT2D eigenvalue weighted by Gasteiger charge is -2.32. The molecule has 0 bridgehead atoms. The summed E-state index contributed by atoms with van der Waals surface area (Å²) >= 11 is 0. The van der Waals surface area contributed by atoms with Crippen LogP contribution >= 0.6 is 0 Å². The molecule has 8 heteroatoms. The first-order valence-corrected chi connectivity index (χ1v) is 11.2. The molecular formula is C24H33N3O5. The van der Waals surface area contributed by atoms with E-state index in [0.717, 1.165) is 54.4 Å². The molecule has 0 unspecified atom stereocenters. The van der Waals surface area contributed by atoms with Crippen LogP contribution in [0.25, 0.3) is 11.3 Å². The quantitative estimate of drug-likeness (QED) is 0.499. The van der Waals surface area contributed by atoms with E-state index in [4.69, 9.17) is 24.2 Å². The van der Waals surface area contributed by atoms with Crippen LogP contribution in [0.4, 0.5) is 5.82 Å². The molecule has 8 nitrogen and oxygen atoms in total. The number of ether oxygens (including phenoxy) is 3. The van der Waals surface area contributed by atoms with E-state index >= 15 is 0 Å². The summed E-state index contributed by atoms with van der Waals surface area (Å²) in [5.74, 6) is 0.596. The van der Waals surface area contributed by atoms with Gasteiger partial charge in [-0.05, 0) is 56.4 Å². The third-order valence-corrected chi connectivity index (χ3v) is 5.66. The maximum absolute atomic E-state index is 11.4. The van der Waals surface area contributed by atoms with Crippen molar-refractivity contribution in [3.63, 3.8) is 0 Å². The van der Waals surface area contributed by atoms with E-state index in [2.05, 4.69) is 4.90 Å². The molecule has 2 aromatic rings. The second-order valence-electron chi connectivity index (χ2n) is 7.95. The van der Waals surface area contributed by atoms with Gasteiger partial charge < -0.3 is 24.2 Å². The average Bonchev–Trinajstić information content (AvgIpc) is 2.82. The maximum atomic E-state index is 11.4. The Bertz CT molecular complexity index is 851. The molecule has 0 aliphatic carbocycles. The molecular weight excluding hydrogens is 410 g/mol. The molecule has 32 heavy (non-hydrogen) atoms. The number of carbonyl (C=O) groups is 1. The summed E-state index contributed by atoms with van der Waals surface area (Å²) in [6.45, 7) is 3.08.